The largest absolute Gasteiger partial charge is 0.478 e. The van der Waals surface area contributed by atoms with Crippen molar-refractivity contribution in [3.05, 3.63) is 29.3 Å². The molecule has 2 rings (SSSR count). The Bertz CT molecular complexity index is 482. The van der Waals surface area contributed by atoms with Crippen LogP contribution in [-0.4, -0.2) is 30.3 Å². The van der Waals surface area contributed by atoms with Crippen LogP contribution in [0.25, 0.3) is 0 Å². The standard InChI is InChI=1S/C12H12F3NO3/c13-12(14,15)7-1-2-10(9(5-7)11(17)18)16-8-3-4-19-6-8/h1-2,5,8,16H,3-4,6H2,(H,17,18)/t8-/m1/s1. The summed E-state index contributed by atoms with van der Waals surface area (Å²) in [5.74, 6) is -1.40. The molecule has 104 valence electrons. The van der Waals surface area contributed by atoms with Crippen molar-refractivity contribution in [1.29, 1.82) is 0 Å². The molecule has 0 spiro atoms. The molecule has 1 aromatic rings. The van der Waals surface area contributed by atoms with Crippen LogP contribution in [0.4, 0.5) is 18.9 Å². The van der Waals surface area contributed by atoms with Crippen LogP contribution in [0.1, 0.15) is 22.3 Å². The van der Waals surface area contributed by atoms with Crippen LogP contribution >= 0.6 is 0 Å². The van der Waals surface area contributed by atoms with Gasteiger partial charge in [0.2, 0.25) is 0 Å². The lowest BCUT2D eigenvalue weighted by molar-refractivity contribution is -0.137. The molecule has 0 aliphatic carbocycles. The fourth-order valence-corrected chi connectivity index (χ4v) is 1.89. The molecule has 1 fully saturated rings. The summed E-state index contributed by atoms with van der Waals surface area (Å²) in [6.07, 6.45) is -3.86. The summed E-state index contributed by atoms with van der Waals surface area (Å²) in [5.41, 5.74) is -1.18. The maximum absolute atomic E-state index is 12.5. The van der Waals surface area contributed by atoms with Crippen molar-refractivity contribution < 1.29 is 27.8 Å². The third-order valence-electron chi connectivity index (χ3n) is 2.87. The Morgan fingerprint density at radius 3 is 2.68 bits per heavy atom. The molecule has 1 saturated heterocycles. The van der Waals surface area contributed by atoms with E-state index in [1.54, 1.807) is 0 Å². The number of nitrogens with one attached hydrogen (secondary N) is 1. The molecule has 0 saturated carbocycles. The number of rotatable bonds is 3. The predicted molar refractivity (Wildman–Crippen MR) is 61.3 cm³/mol. The Balaban J connectivity index is 2.29. The number of benzene rings is 1. The second-order valence-corrected chi connectivity index (χ2v) is 4.27. The van der Waals surface area contributed by atoms with Crippen molar-refractivity contribution in [3.8, 4) is 0 Å². The number of ether oxygens (including phenoxy) is 1. The van der Waals surface area contributed by atoms with E-state index in [0.717, 1.165) is 12.1 Å². The highest BCUT2D eigenvalue weighted by atomic mass is 19.4. The van der Waals surface area contributed by atoms with Gasteiger partial charge in [0.15, 0.2) is 0 Å². The van der Waals surface area contributed by atoms with Crippen LogP contribution < -0.4 is 5.32 Å². The molecular weight excluding hydrogens is 263 g/mol. The fourth-order valence-electron chi connectivity index (χ4n) is 1.89. The van der Waals surface area contributed by atoms with Crippen LogP contribution in [0.15, 0.2) is 18.2 Å². The lowest BCUT2D eigenvalue weighted by atomic mass is 10.1. The van der Waals surface area contributed by atoms with Gasteiger partial charge >= 0.3 is 12.1 Å². The highest BCUT2D eigenvalue weighted by molar-refractivity contribution is 5.94. The monoisotopic (exact) mass is 275 g/mol. The van der Waals surface area contributed by atoms with Crippen molar-refractivity contribution in [3.63, 3.8) is 0 Å². The zero-order valence-corrected chi connectivity index (χ0v) is 9.83. The Morgan fingerprint density at radius 2 is 2.16 bits per heavy atom. The molecule has 0 aromatic heterocycles. The zero-order valence-electron chi connectivity index (χ0n) is 9.83. The highest BCUT2D eigenvalue weighted by Gasteiger charge is 2.32. The molecule has 2 N–H and O–H groups in total. The second kappa shape index (κ2) is 5.08. The summed E-state index contributed by atoms with van der Waals surface area (Å²) >= 11 is 0. The Morgan fingerprint density at radius 1 is 1.42 bits per heavy atom. The minimum atomic E-state index is -4.56. The van der Waals surface area contributed by atoms with E-state index in [9.17, 15) is 18.0 Å². The van der Waals surface area contributed by atoms with E-state index >= 15 is 0 Å². The second-order valence-electron chi connectivity index (χ2n) is 4.27. The van der Waals surface area contributed by atoms with Crippen molar-refractivity contribution in [2.24, 2.45) is 0 Å². The van der Waals surface area contributed by atoms with Crippen LogP contribution in [0.3, 0.4) is 0 Å². The molecule has 4 nitrogen and oxygen atoms in total. The van der Waals surface area contributed by atoms with Crippen molar-refractivity contribution in [2.75, 3.05) is 18.5 Å². The molecule has 19 heavy (non-hydrogen) atoms. The van der Waals surface area contributed by atoms with E-state index in [0.29, 0.717) is 25.7 Å². The summed E-state index contributed by atoms with van der Waals surface area (Å²) in [6, 6.07) is 2.57. The topological polar surface area (TPSA) is 58.6 Å². The Hall–Kier alpha value is -1.76. The first-order valence-corrected chi connectivity index (χ1v) is 5.67. The number of anilines is 1. The molecule has 1 aliphatic rings. The molecule has 0 radical (unpaired) electrons. The summed E-state index contributed by atoms with van der Waals surface area (Å²) in [4.78, 5) is 11.0. The molecule has 1 atom stereocenters. The smallest absolute Gasteiger partial charge is 0.416 e. The van der Waals surface area contributed by atoms with Crippen LogP contribution in [0.2, 0.25) is 0 Å². The van der Waals surface area contributed by atoms with E-state index in [2.05, 4.69) is 5.32 Å². The zero-order chi connectivity index (χ0) is 14.0. The Labute approximate surface area is 107 Å². The van der Waals surface area contributed by atoms with Gasteiger partial charge in [-0.2, -0.15) is 13.2 Å². The first kappa shape index (κ1) is 13.7. The van der Waals surface area contributed by atoms with E-state index < -0.39 is 17.7 Å². The summed E-state index contributed by atoms with van der Waals surface area (Å²) in [7, 11) is 0. The highest BCUT2D eigenvalue weighted by Crippen LogP contribution is 2.32. The van der Waals surface area contributed by atoms with Gasteiger partial charge < -0.3 is 15.2 Å². The minimum absolute atomic E-state index is 0.0742. The van der Waals surface area contributed by atoms with Gasteiger partial charge in [-0.25, -0.2) is 4.79 Å². The lowest BCUT2D eigenvalue weighted by Gasteiger charge is -2.16. The number of hydrogen-bond acceptors (Lipinski definition) is 3. The predicted octanol–water partition coefficient (Wildman–Crippen LogP) is 2.60. The van der Waals surface area contributed by atoms with Gasteiger partial charge in [-0.1, -0.05) is 0 Å². The lowest BCUT2D eigenvalue weighted by Crippen LogP contribution is -2.21. The first-order chi connectivity index (χ1) is 8.88. The quantitative estimate of drug-likeness (QED) is 0.890. The number of carboxylic acid groups (broad SMARTS) is 1. The van der Waals surface area contributed by atoms with Crippen molar-refractivity contribution in [1.82, 2.24) is 0 Å². The van der Waals surface area contributed by atoms with Crippen molar-refractivity contribution in [2.45, 2.75) is 18.6 Å². The minimum Gasteiger partial charge on any atom is -0.478 e. The first-order valence-electron chi connectivity index (χ1n) is 5.67. The molecule has 7 heteroatoms. The summed E-state index contributed by atoms with van der Waals surface area (Å²) in [6.45, 7) is 0.973. The third-order valence-corrected chi connectivity index (χ3v) is 2.87. The molecule has 1 aromatic carbocycles. The molecule has 1 aliphatic heterocycles. The van der Waals surface area contributed by atoms with Gasteiger partial charge in [0.25, 0.3) is 0 Å². The van der Waals surface area contributed by atoms with Crippen LogP contribution in [-0.2, 0) is 10.9 Å². The van der Waals surface area contributed by atoms with E-state index in [-0.39, 0.29) is 17.3 Å². The normalized spacial score (nSPS) is 19.4. The molecule has 0 amide bonds. The molecular formula is C12H12F3NO3. The van der Waals surface area contributed by atoms with Gasteiger partial charge in [0.1, 0.15) is 0 Å². The average Bonchev–Trinajstić information content (AvgIpc) is 2.80. The van der Waals surface area contributed by atoms with Crippen LogP contribution in [0.5, 0.6) is 0 Å². The number of aromatic carboxylic acids is 1. The number of alkyl halides is 3. The number of halogens is 3. The van der Waals surface area contributed by atoms with E-state index in [1.807, 2.05) is 0 Å². The number of hydrogen-bond donors (Lipinski definition) is 2. The Kier molecular flexibility index (Phi) is 3.66. The number of carbonyl (C=O) groups is 1. The average molecular weight is 275 g/mol. The van der Waals surface area contributed by atoms with Crippen LogP contribution in [0, 0.1) is 0 Å². The third kappa shape index (κ3) is 3.17. The number of carboxylic acids is 1. The summed E-state index contributed by atoms with van der Waals surface area (Å²) < 4.78 is 42.7. The van der Waals surface area contributed by atoms with Gasteiger partial charge in [-0.05, 0) is 24.6 Å². The summed E-state index contributed by atoms with van der Waals surface area (Å²) in [5, 5.41) is 11.9. The fraction of sp³-hybridized carbons (Fsp3) is 0.417. The molecule has 1 heterocycles. The molecule has 0 unspecified atom stereocenters. The van der Waals surface area contributed by atoms with Gasteiger partial charge in [-0.3, -0.25) is 0 Å². The molecule has 0 bridgehead atoms. The maximum Gasteiger partial charge on any atom is 0.416 e. The SMILES string of the molecule is O=C(O)c1cc(C(F)(F)F)ccc1N[C@@H]1CCOC1. The van der Waals surface area contributed by atoms with Gasteiger partial charge in [0.05, 0.1) is 23.8 Å². The van der Waals surface area contributed by atoms with Crippen molar-refractivity contribution >= 4 is 11.7 Å². The van der Waals surface area contributed by atoms with Gasteiger partial charge in [0, 0.05) is 12.3 Å². The van der Waals surface area contributed by atoms with E-state index in [4.69, 9.17) is 9.84 Å². The van der Waals surface area contributed by atoms with Gasteiger partial charge in [-0.15, -0.1) is 0 Å². The maximum atomic E-state index is 12.5. The van der Waals surface area contributed by atoms with E-state index in [1.165, 1.54) is 0 Å².